The molecule has 0 saturated heterocycles. The summed E-state index contributed by atoms with van der Waals surface area (Å²) in [5.74, 6) is 0.672. The Bertz CT molecular complexity index is 454. The lowest BCUT2D eigenvalue weighted by Gasteiger charge is -2.05. The summed E-state index contributed by atoms with van der Waals surface area (Å²) in [5, 5.41) is 13.9. The number of halogens is 1. The van der Waals surface area contributed by atoms with Crippen LogP contribution in [-0.2, 0) is 17.3 Å². The third-order valence-electron chi connectivity index (χ3n) is 2.27. The third kappa shape index (κ3) is 5.70. The van der Waals surface area contributed by atoms with Crippen LogP contribution in [0.4, 0.5) is 5.69 Å². The molecular weight excluding hydrogens is 320 g/mol. The summed E-state index contributed by atoms with van der Waals surface area (Å²) in [5.41, 5.74) is 0.935. The Kier molecular flexibility index (Phi) is 6.45. The van der Waals surface area contributed by atoms with Crippen LogP contribution in [0.5, 0.6) is 0 Å². The Morgan fingerprint density at radius 1 is 1.44 bits per heavy atom. The van der Waals surface area contributed by atoms with E-state index >= 15 is 0 Å². The summed E-state index contributed by atoms with van der Waals surface area (Å²) in [6, 6.07) is 4.87. The third-order valence-corrected chi connectivity index (χ3v) is 3.59. The molecule has 0 heterocycles. The average molecular weight is 335 g/mol. The van der Waals surface area contributed by atoms with Gasteiger partial charge in [-0.05, 0) is 24.6 Å². The smallest absolute Gasteiger partial charge is 0.270 e. The number of nitrogens with zero attached hydrogens (tertiary/aromatic N) is 1. The molecule has 1 unspecified atom stereocenters. The molecule has 0 aliphatic carbocycles. The summed E-state index contributed by atoms with van der Waals surface area (Å²) in [4.78, 5) is 10.3. The van der Waals surface area contributed by atoms with Gasteiger partial charge >= 0.3 is 0 Å². The number of benzene rings is 1. The molecule has 1 aromatic carbocycles. The summed E-state index contributed by atoms with van der Waals surface area (Å²) in [6.45, 7) is 1.32. The van der Waals surface area contributed by atoms with Gasteiger partial charge in [-0.15, -0.1) is 0 Å². The predicted octanol–water partition coefficient (Wildman–Crippen LogP) is 2.22. The quantitative estimate of drug-likeness (QED) is 0.471. The van der Waals surface area contributed by atoms with E-state index in [0.29, 0.717) is 16.8 Å². The molecular formula is C11H15BrN2O3S. The molecule has 1 atom stereocenters. The van der Waals surface area contributed by atoms with Gasteiger partial charge in [0, 0.05) is 46.0 Å². The van der Waals surface area contributed by atoms with Crippen molar-refractivity contribution >= 4 is 32.4 Å². The highest BCUT2D eigenvalue weighted by Gasteiger charge is 2.08. The second-order valence-electron chi connectivity index (χ2n) is 3.88. The first-order chi connectivity index (χ1) is 8.49. The minimum atomic E-state index is -0.764. The Morgan fingerprint density at radius 2 is 2.17 bits per heavy atom. The number of nitro groups is 1. The van der Waals surface area contributed by atoms with Crippen LogP contribution >= 0.6 is 15.9 Å². The number of nitrogens with one attached hydrogen (secondary N) is 1. The summed E-state index contributed by atoms with van der Waals surface area (Å²) in [6.07, 6.45) is 2.51. The van der Waals surface area contributed by atoms with Gasteiger partial charge in [-0.2, -0.15) is 0 Å². The first kappa shape index (κ1) is 15.3. The highest BCUT2D eigenvalue weighted by Crippen LogP contribution is 2.21. The lowest BCUT2D eigenvalue weighted by Crippen LogP contribution is -2.16. The lowest BCUT2D eigenvalue weighted by molar-refractivity contribution is -0.385. The molecule has 0 aliphatic rings. The number of nitro benzene ring substituents is 1. The first-order valence-electron chi connectivity index (χ1n) is 5.43. The molecule has 0 saturated carbocycles. The van der Waals surface area contributed by atoms with Crippen molar-refractivity contribution in [3.8, 4) is 0 Å². The maximum absolute atomic E-state index is 10.8. The molecule has 1 N–H and O–H groups in total. The van der Waals surface area contributed by atoms with Crippen LogP contribution < -0.4 is 5.32 Å². The second kappa shape index (κ2) is 7.60. The number of rotatable bonds is 7. The highest BCUT2D eigenvalue weighted by molar-refractivity contribution is 9.10. The van der Waals surface area contributed by atoms with Gasteiger partial charge in [0.05, 0.1) is 4.92 Å². The highest BCUT2D eigenvalue weighted by atomic mass is 79.9. The Hall–Kier alpha value is -0.790. The SMILES string of the molecule is CS(=O)CCCNCc1cc(Br)cc([N+](=O)[O-])c1. The van der Waals surface area contributed by atoms with Crippen molar-refractivity contribution < 1.29 is 9.13 Å². The lowest BCUT2D eigenvalue weighted by atomic mass is 10.2. The molecule has 0 fully saturated rings. The molecule has 0 spiro atoms. The molecule has 1 rings (SSSR count). The molecule has 0 aliphatic heterocycles. The van der Waals surface area contributed by atoms with Gasteiger partial charge in [-0.25, -0.2) is 0 Å². The zero-order chi connectivity index (χ0) is 13.5. The Labute approximate surface area is 117 Å². The van der Waals surface area contributed by atoms with Crippen molar-refractivity contribution in [1.82, 2.24) is 5.32 Å². The van der Waals surface area contributed by atoms with Crippen molar-refractivity contribution in [3.05, 3.63) is 38.3 Å². The Morgan fingerprint density at radius 3 is 2.78 bits per heavy atom. The molecule has 0 amide bonds. The Balaban J connectivity index is 2.47. The van der Waals surface area contributed by atoms with Crippen molar-refractivity contribution in [2.24, 2.45) is 0 Å². The van der Waals surface area contributed by atoms with E-state index in [-0.39, 0.29) is 5.69 Å². The summed E-state index contributed by atoms with van der Waals surface area (Å²) < 4.78 is 11.5. The van der Waals surface area contributed by atoms with Gasteiger partial charge in [0.2, 0.25) is 0 Å². The van der Waals surface area contributed by atoms with E-state index in [9.17, 15) is 14.3 Å². The molecule has 0 aromatic heterocycles. The van der Waals surface area contributed by atoms with Gasteiger partial charge < -0.3 is 5.32 Å². The summed E-state index contributed by atoms with van der Waals surface area (Å²) >= 11 is 3.25. The van der Waals surface area contributed by atoms with Crippen LogP contribution in [0.1, 0.15) is 12.0 Å². The largest absolute Gasteiger partial charge is 0.313 e. The molecule has 18 heavy (non-hydrogen) atoms. The average Bonchev–Trinajstić information content (AvgIpc) is 2.27. The van der Waals surface area contributed by atoms with E-state index in [1.807, 2.05) is 6.07 Å². The zero-order valence-electron chi connectivity index (χ0n) is 10.0. The van der Waals surface area contributed by atoms with Crippen LogP contribution in [0.3, 0.4) is 0 Å². The fourth-order valence-electron chi connectivity index (χ4n) is 1.47. The molecule has 7 heteroatoms. The normalized spacial score (nSPS) is 12.3. The van der Waals surface area contributed by atoms with Crippen LogP contribution in [0.25, 0.3) is 0 Å². The minimum absolute atomic E-state index is 0.0795. The standard InChI is InChI=1S/C11H15BrN2O3S/c1-18(17)4-2-3-13-8-9-5-10(12)7-11(6-9)14(15)16/h5-7,13H,2-4,8H2,1H3. The number of hydrogen-bond acceptors (Lipinski definition) is 4. The van der Waals surface area contributed by atoms with E-state index < -0.39 is 15.7 Å². The van der Waals surface area contributed by atoms with E-state index in [4.69, 9.17) is 0 Å². The number of non-ortho nitro benzene ring substituents is 1. The molecule has 100 valence electrons. The van der Waals surface area contributed by atoms with Crippen LogP contribution in [0.2, 0.25) is 0 Å². The second-order valence-corrected chi connectivity index (χ2v) is 6.35. The van der Waals surface area contributed by atoms with Gasteiger partial charge in [-0.3, -0.25) is 14.3 Å². The maximum Gasteiger partial charge on any atom is 0.270 e. The molecule has 0 bridgehead atoms. The van der Waals surface area contributed by atoms with Crippen LogP contribution in [0.15, 0.2) is 22.7 Å². The van der Waals surface area contributed by atoms with Crippen molar-refractivity contribution in [2.75, 3.05) is 18.6 Å². The summed E-state index contributed by atoms with van der Waals surface area (Å²) in [7, 11) is -0.764. The van der Waals surface area contributed by atoms with E-state index in [1.165, 1.54) is 6.07 Å². The fourth-order valence-corrected chi connectivity index (χ4v) is 2.55. The van der Waals surface area contributed by atoms with Gasteiger partial charge in [0.25, 0.3) is 5.69 Å². The maximum atomic E-state index is 10.8. The monoisotopic (exact) mass is 334 g/mol. The minimum Gasteiger partial charge on any atom is -0.313 e. The molecule has 0 radical (unpaired) electrons. The fraction of sp³-hybridized carbons (Fsp3) is 0.455. The van der Waals surface area contributed by atoms with Gasteiger partial charge in [0.1, 0.15) is 0 Å². The van der Waals surface area contributed by atoms with E-state index in [1.54, 1.807) is 12.3 Å². The molecule has 5 nitrogen and oxygen atoms in total. The van der Waals surface area contributed by atoms with E-state index in [2.05, 4.69) is 21.2 Å². The van der Waals surface area contributed by atoms with Crippen molar-refractivity contribution in [3.63, 3.8) is 0 Å². The van der Waals surface area contributed by atoms with Crippen molar-refractivity contribution in [2.45, 2.75) is 13.0 Å². The van der Waals surface area contributed by atoms with Crippen molar-refractivity contribution in [1.29, 1.82) is 0 Å². The van der Waals surface area contributed by atoms with E-state index in [0.717, 1.165) is 18.5 Å². The number of hydrogen-bond donors (Lipinski definition) is 1. The van der Waals surface area contributed by atoms with Crippen LogP contribution in [-0.4, -0.2) is 27.7 Å². The topological polar surface area (TPSA) is 72.2 Å². The van der Waals surface area contributed by atoms with Gasteiger partial charge in [-0.1, -0.05) is 15.9 Å². The zero-order valence-corrected chi connectivity index (χ0v) is 12.4. The van der Waals surface area contributed by atoms with Gasteiger partial charge in [0.15, 0.2) is 0 Å². The predicted molar refractivity (Wildman–Crippen MR) is 76.1 cm³/mol. The first-order valence-corrected chi connectivity index (χ1v) is 7.95. The van der Waals surface area contributed by atoms with Crippen LogP contribution in [0, 0.1) is 10.1 Å². The molecule has 1 aromatic rings.